The number of anilines is 1. The molecule has 2 rings (SSSR count). The van der Waals surface area contributed by atoms with Crippen molar-refractivity contribution in [3.63, 3.8) is 0 Å². The second-order valence-electron chi connectivity index (χ2n) is 5.29. The number of benzene rings is 2. The summed E-state index contributed by atoms with van der Waals surface area (Å²) in [6.45, 7) is 7.99. The zero-order valence-corrected chi connectivity index (χ0v) is 12.6. The molecule has 0 aliphatic rings. The first-order valence-electron chi connectivity index (χ1n) is 7.25. The van der Waals surface area contributed by atoms with E-state index in [0.29, 0.717) is 6.54 Å². The van der Waals surface area contributed by atoms with Gasteiger partial charge in [-0.15, -0.1) is 0 Å². The highest BCUT2D eigenvalue weighted by Crippen LogP contribution is 2.27. The molecular formula is C18H24N2. The van der Waals surface area contributed by atoms with Crippen LogP contribution in [0.15, 0.2) is 48.5 Å². The Balaban J connectivity index is 2.37. The molecule has 2 N–H and O–H groups in total. The molecule has 0 radical (unpaired) electrons. The lowest BCUT2D eigenvalue weighted by Gasteiger charge is -2.33. The van der Waals surface area contributed by atoms with E-state index >= 15 is 0 Å². The number of likely N-dealkylation sites (N-methyl/N-ethyl adjacent to an activating group) is 1. The van der Waals surface area contributed by atoms with Gasteiger partial charge in [-0.1, -0.05) is 42.0 Å². The fourth-order valence-electron chi connectivity index (χ4n) is 2.71. The van der Waals surface area contributed by atoms with Crippen LogP contribution in [0.1, 0.15) is 29.7 Å². The summed E-state index contributed by atoms with van der Waals surface area (Å²) >= 11 is 0. The van der Waals surface area contributed by atoms with Gasteiger partial charge in [0.1, 0.15) is 0 Å². The summed E-state index contributed by atoms with van der Waals surface area (Å²) in [4.78, 5) is 2.38. The van der Waals surface area contributed by atoms with Crippen LogP contribution >= 0.6 is 0 Å². The van der Waals surface area contributed by atoms with Gasteiger partial charge in [-0.2, -0.15) is 0 Å². The second-order valence-corrected chi connectivity index (χ2v) is 5.29. The molecule has 0 aliphatic carbocycles. The molecule has 2 aromatic rings. The molecule has 1 unspecified atom stereocenters. The highest BCUT2D eigenvalue weighted by molar-refractivity contribution is 5.51. The van der Waals surface area contributed by atoms with Gasteiger partial charge in [0.05, 0.1) is 6.04 Å². The molecule has 0 spiro atoms. The van der Waals surface area contributed by atoms with Gasteiger partial charge >= 0.3 is 0 Å². The minimum Gasteiger partial charge on any atom is -0.363 e. The Morgan fingerprint density at radius 1 is 1.00 bits per heavy atom. The molecule has 0 bridgehead atoms. The zero-order chi connectivity index (χ0) is 14.5. The van der Waals surface area contributed by atoms with E-state index in [9.17, 15) is 0 Å². The van der Waals surface area contributed by atoms with E-state index in [2.05, 4.69) is 74.2 Å². The molecule has 0 amide bonds. The molecule has 2 heteroatoms. The van der Waals surface area contributed by atoms with E-state index < -0.39 is 0 Å². The van der Waals surface area contributed by atoms with E-state index in [-0.39, 0.29) is 6.04 Å². The minimum atomic E-state index is 0.224. The van der Waals surface area contributed by atoms with Crippen molar-refractivity contribution in [2.45, 2.75) is 26.8 Å². The van der Waals surface area contributed by atoms with Crippen molar-refractivity contribution in [3.8, 4) is 0 Å². The predicted octanol–water partition coefficient (Wildman–Crippen LogP) is 3.83. The highest BCUT2D eigenvalue weighted by Gasteiger charge is 2.18. The van der Waals surface area contributed by atoms with Crippen molar-refractivity contribution in [1.82, 2.24) is 0 Å². The van der Waals surface area contributed by atoms with Crippen LogP contribution in [0.2, 0.25) is 0 Å². The maximum atomic E-state index is 6.07. The third kappa shape index (κ3) is 3.20. The molecule has 20 heavy (non-hydrogen) atoms. The van der Waals surface area contributed by atoms with Crippen molar-refractivity contribution < 1.29 is 0 Å². The Bertz CT molecular complexity index is 511. The van der Waals surface area contributed by atoms with Crippen molar-refractivity contribution in [2.24, 2.45) is 5.73 Å². The molecule has 0 aromatic heterocycles. The first-order chi connectivity index (χ1) is 9.65. The van der Waals surface area contributed by atoms with E-state index in [4.69, 9.17) is 5.73 Å². The monoisotopic (exact) mass is 268 g/mol. The van der Waals surface area contributed by atoms with Crippen LogP contribution < -0.4 is 10.6 Å². The summed E-state index contributed by atoms with van der Waals surface area (Å²) < 4.78 is 0. The minimum absolute atomic E-state index is 0.224. The molecule has 0 fully saturated rings. The number of nitrogens with two attached hydrogens (primary N) is 1. The highest BCUT2D eigenvalue weighted by atomic mass is 15.2. The molecule has 106 valence electrons. The largest absolute Gasteiger partial charge is 0.363 e. The summed E-state index contributed by atoms with van der Waals surface area (Å²) in [5, 5.41) is 0. The summed E-state index contributed by atoms with van der Waals surface area (Å²) in [6.07, 6.45) is 0. The van der Waals surface area contributed by atoms with Gasteiger partial charge < -0.3 is 10.6 Å². The summed E-state index contributed by atoms with van der Waals surface area (Å²) in [5.74, 6) is 0. The van der Waals surface area contributed by atoms with Crippen LogP contribution in [-0.4, -0.2) is 13.1 Å². The number of nitrogens with zero attached hydrogens (tertiary/aromatic N) is 1. The Morgan fingerprint density at radius 3 is 2.20 bits per heavy atom. The Hall–Kier alpha value is -1.80. The van der Waals surface area contributed by atoms with Gasteiger partial charge in [0.2, 0.25) is 0 Å². The third-order valence-electron chi connectivity index (χ3n) is 3.70. The smallest absolute Gasteiger partial charge is 0.0664 e. The van der Waals surface area contributed by atoms with Crippen LogP contribution in [0, 0.1) is 13.8 Å². The lowest BCUT2D eigenvalue weighted by Crippen LogP contribution is -2.33. The van der Waals surface area contributed by atoms with Gasteiger partial charge in [0.15, 0.2) is 0 Å². The van der Waals surface area contributed by atoms with E-state index in [0.717, 1.165) is 6.54 Å². The van der Waals surface area contributed by atoms with Gasteiger partial charge in [0.25, 0.3) is 0 Å². The fraction of sp³-hybridized carbons (Fsp3) is 0.333. The van der Waals surface area contributed by atoms with Crippen LogP contribution in [0.5, 0.6) is 0 Å². The lowest BCUT2D eigenvalue weighted by molar-refractivity contribution is 0.643. The van der Waals surface area contributed by atoms with E-state index in [1.807, 2.05) is 0 Å². The second kappa shape index (κ2) is 6.58. The molecular weight excluding hydrogens is 244 g/mol. The molecule has 0 heterocycles. The topological polar surface area (TPSA) is 29.3 Å². The average Bonchev–Trinajstić information content (AvgIpc) is 2.44. The van der Waals surface area contributed by atoms with Gasteiger partial charge in [-0.05, 0) is 44.0 Å². The molecule has 0 saturated carbocycles. The maximum Gasteiger partial charge on any atom is 0.0664 e. The number of aryl methyl sites for hydroxylation is 2. The number of hydrogen-bond donors (Lipinski definition) is 1. The number of hydrogen-bond acceptors (Lipinski definition) is 2. The molecule has 0 aliphatic heterocycles. The van der Waals surface area contributed by atoms with E-state index in [1.165, 1.54) is 22.4 Å². The third-order valence-corrected chi connectivity index (χ3v) is 3.70. The van der Waals surface area contributed by atoms with Crippen LogP contribution in [0.3, 0.4) is 0 Å². The van der Waals surface area contributed by atoms with Crippen molar-refractivity contribution in [1.29, 1.82) is 0 Å². The summed E-state index contributed by atoms with van der Waals surface area (Å²) in [5.41, 5.74) is 11.2. The van der Waals surface area contributed by atoms with Crippen LogP contribution in [0.4, 0.5) is 5.69 Å². The molecule has 2 aromatic carbocycles. The zero-order valence-electron chi connectivity index (χ0n) is 12.6. The van der Waals surface area contributed by atoms with E-state index in [1.54, 1.807) is 0 Å². The average molecular weight is 268 g/mol. The van der Waals surface area contributed by atoms with Gasteiger partial charge in [-0.3, -0.25) is 0 Å². The molecule has 1 atom stereocenters. The van der Waals surface area contributed by atoms with Gasteiger partial charge in [-0.25, -0.2) is 0 Å². The SMILES string of the molecule is CCN(c1cccc(C)c1)C(CN)c1cccc(C)c1. The van der Waals surface area contributed by atoms with Crippen LogP contribution in [0.25, 0.3) is 0 Å². The lowest BCUT2D eigenvalue weighted by atomic mass is 10.0. The summed E-state index contributed by atoms with van der Waals surface area (Å²) in [6, 6.07) is 17.5. The first-order valence-corrected chi connectivity index (χ1v) is 7.25. The maximum absolute atomic E-state index is 6.07. The van der Waals surface area contributed by atoms with Gasteiger partial charge in [0, 0.05) is 18.8 Å². The Labute approximate surface area is 122 Å². The standard InChI is InChI=1S/C18H24N2/c1-4-20(17-10-6-8-15(3)12-17)18(13-19)16-9-5-7-14(2)11-16/h5-12,18H,4,13,19H2,1-3H3. The first kappa shape index (κ1) is 14.6. The molecule has 0 saturated heterocycles. The molecule has 2 nitrogen and oxygen atoms in total. The van der Waals surface area contributed by atoms with Crippen LogP contribution in [-0.2, 0) is 0 Å². The van der Waals surface area contributed by atoms with Crippen molar-refractivity contribution in [2.75, 3.05) is 18.0 Å². The Morgan fingerprint density at radius 2 is 1.65 bits per heavy atom. The quantitative estimate of drug-likeness (QED) is 0.893. The normalized spacial score (nSPS) is 12.2. The summed E-state index contributed by atoms with van der Waals surface area (Å²) in [7, 11) is 0. The fourth-order valence-corrected chi connectivity index (χ4v) is 2.71. The Kier molecular flexibility index (Phi) is 4.80. The predicted molar refractivity (Wildman–Crippen MR) is 87.2 cm³/mol. The number of rotatable bonds is 5. The van der Waals surface area contributed by atoms with Crippen molar-refractivity contribution in [3.05, 3.63) is 65.2 Å². The van der Waals surface area contributed by atoms with Crippen molar-refractivity contribution >= 4 is 5.69 Å².